The number of aromatic amines is 1. The van der Waals surface area contributed by atoms with E-state index < -0.39 is 8.53 Å². The van der Waals surface area contributed by atoms with Crippen molar-refractivity contribution in [2.45, 2.75) is 0 Å². The fraction of sp³-hybridized carbons (Fsp3) is 0. The number of H-pyrrole nitrogens is 1. The van der Waals surface area contributed by atoms with Gasteiger partial charge >= 0.3 is 0 Å². The van der Waals surface area contributed by atoms with E-state index in [2.05, 4.69) is 25.7 Å². The molecule has 8 heteroatoms. The van der Waals surface area contributed by atoms with Gasteiger partial charge in [0.2, 0.25) is 8.53 Å². The molecule has 2 aromatic heterocycles. The van der Waals surface area contributed by atoms with Gasteiger partial charge in [-0.2, -0.15) is 5.10 Å². The van der Waals surface area contributed by atoms with Crippen LogP contribution in [-0.4, -0.2) is 30.0 Å². The van der Waals surface area contributed by atoms with Gasteiger partial charge in [-0.15, -0.1) is 0 Å². The summed E-state index contributed by atoms with van der Waals surface area (Å²) < 4.78 is 0. The molecule has 13 heavy (non-hydrogen) atoms. The summed E-state index contributed by atoms with van der Waals surface area (Å²) in [6, 6.07) is 0. The second-order valence-corrected chi connectivity index (χ2v) is 2.66. The summed E-state index contributed by atoms with van der Waals surface area (Å²) in [6.07, 6.45) is 4.89. The number of nitrogens with two attached hydrogens (primary N) is 1. The molecular formula is C5H8N5O2P. The van der Waals surface area contributed by atoms with Gasteiger partial charge in [0, 0.05) is 6.20 Å². The summed E-state index contributed by atoms with van der Waals surface area (Å²) in [5.41, 5.74) is 5.07. The van der Waals surface area contributed by atoms with Crippen LogP contribution in [0.15, 0.2) is 18.7 Å². The molecule has 0 saturated heterocycles. The first-order chi connectivity index (χ1) is 6.20. The van der Waals surface area contributed by atoms with Crippen LogP contribution in [0, 0.1) is 0 Å². The Morgan fingerprint density at radius 2 is 2.08 bits per heavy atom. The largest absolute Gasteiger partial charge is 0.338 e. The summed E-state index contributed by atoms with van der Waals surface area (Å²) in [7, 11) is -2.12. The monoisotopic (exact) mass is 201 g/mol. The lowest BCUT2D eigenvalue weighted by atomic mass is 10.5. The maximum atomic E-state index is 7.45. The highest BCUT2D eigenvalue weighted by Crippen LogP contribution is 2.05. The molecule has 5 N–H and O–H groups in total. The van der Waals surface area contributed by atoms with E-state index in [0.29, 0.717) is 0 Å². The number of aromatic nitrogens is 4. The lowest BCUT2D eigenvalue weighted by Gasteiger charge is -1.80. The molecule has 0 aliphatic carbocycles. The van der Waals surface area contributed by atoms with E-state index in [0.717, 1.165) is 11.0 Å². The third-order valence-corrected chi connectivity index (χ3v) is 1.11. The van der Waals surface area contributed by atoms with E-state index in [9.17, 15) is 0 Å². The minimum Gasteiger partial charge on any atom is -0.338 e. The molecule has 0 fully saturated rings. The number of nitrogens with one attached hydrogen (secondary N) is 1. The number of hydrogen-bond donors (Lipinski definition) is 4. The Morgan fingerprint density at radius 3 is 2.69 bits per heavy atom. The first-order valence-electron chi connectivity index (χ1n) is 3.22. The van der Waals surface area contributed by atoms with Crippen LogP contribution in [0.1, 0.15) is 0 Å². The molecule has 0 aliphatic rings. The third-order valence-electron chi connectivity index (χ3n) is 1.11. The van der Waals surface area contributed by atoms with Crippen LogP contribution in [0.2, 0.25) is 0 Å². The standard InChI is InChI=1S/C5H4N4.H4NO2P/c1-4-2-8-9-5(4)7-3-6-1;1-4(2)3/h1-3H,(H,6,7,8,9);2-3H,1H2. The molecule has 2 heterocycles. The van der Waals surface area contributed by atoms with E-state index in [4.69, 9.17) is 9.79 Å². The molecule has 0 aromatic carbocycles. The smallest absolute Gasteiger partial charge is 0.247 e. The van der Waals surface area contributed by atoms with E-state index in [1.54, 1.807) is 12.4 Å². The normalized spacial score (nSPS) is 9.85. The molecular weight excluding hydrogens is 193 g/mol. The number of fused-ring (bicyclic) bond motifs is 1. The highest BCUT2D eigenvalue weighted by atomic mass is 31.2. The Balaban J connectivity index is 0.000000184. The Kier molecular flexibility index (Phi) is 3.66. The van der Waals surface area contributed by atoms with Crippen LogP contribution in [0.3, 0.4) is 0 Å². The van der Waals surface area contributed by atoms with Crippen molar-refractivity contribution in [2.75, 3.05) is 0 Å². The van der Waals surface area contributed by atoms with Gasteiger partial charge in [0.05, 0.1) is 11.6 Å². The molecule has 0 aliphatic heterocycles. The second kappa shape index (κ2) is 4.78. The number of nitrogens with zero attached hydrogens (tertiary/aromatic N) is 3. The van der Waals surface area contributed by atoms with Crippen LogP contribution in [0.25, 0.3) is 11.0 Å². The fourth-order valence-electron chi connectivity index (χ4n) is 0.691. The predicted octanol–water partition coefficient (Wildman–Crippen LogP) is -0.491. The van der Waals surface area contributed by atoms with Gasteiger partial charge in [-0.1, -0.05) is 0 Å². The minimum atomic E-state index is -2.12. The van der Waals surface area contributed by atoms with Gasteiger partial charge in [-0.3, -0.25) is 10.6 Å². The van der Waals surface area contributed by atoms with Crippen molar-refractivity contribution in [1.29, 1.82) is 0 Å². The maximum Gasteiger partial charge on any atom is 0.247 e. The summed E-state index contributed by atoms with van der Waals surface area (Å²) in [6.45, 7) is 0. The molecule has 0 bridgehead atoms. The first kappa shape index (κ1) is 9.94. The average molecular weight is 201 g/mol. The van der Waals surface area contributed by atoms with Gasteiger partial charge < -0.3 is 9.79 Å². The second-order valence-electron chi connectivity index (χ2n) is 2.02. The van der Waals surface area contributed by atoms with E-state index >= 15 is 0 Å². The molecule has 0 saturated carbocycles. The molecule has 0 unspecified atom stereocenters. The molecule has 0 amide bonds. The molecule has 0 spiro atoms. The van der Waals surface area contributed by atoms with Crippen LogP contribution < -0.4 is 5.50 Å². The van der Waals surface area contributed by atoms with E-state index in [-0.39, 0.29) is 0 Å². The zero-order chi connectivity index (χ0) is 9.68. The lowest BCUT2D eigenvalue weighted by Crippen LogP contribution is -1.78. The maximum absolute atomic E-state index is 7.45. The summed E-state index contributed by atoms with van der Waals surface area (Å²) in [5.74, 6) is 0. The molecule has 70 valence electrons. The molecule has 2 aromatic rings. The van der Waals surface area contributed by atoms with Gasteiger partial charge in [0.15, 0.2) is 5.65 Å². The van der Waals surface area contributed by atoms with Crippen molar-refractivity contribution in [3.8, 4) is 0 Å². The van der Waals surface area contributed by atoms with Crippen molar-refractivity contribution < 1.29 is 9.79 Å². The van der Waals surface area contributed by atoms with Gasteiger partial charge in [-0.05, 0) is 0 Å². The first-order valence-corrected chi connectivity index (χ1v) is 4.53. The zero-order valence-corrected chi connectivity index (χ0v) is 7.39. The number of hydrogen-bond acceptors (Lipinski definition) is 6. The van der Waals surface area contributed by atoms with Crippen molar-refractivity contribution in [1.82, 2.24) is 20.2 Å². The third kappa shape index (κ3) is 3.39. The fourth-order valence-corrected chi connectivity index (χ4v) is 0.691. The number of rotatable bonds is 0. The highest BCUT2D eigenvalue weighted by Gasteiger charge is 1.90. The SMILES string of the molecule is NP(O)O.c1ncc2cn[nH]c2n1. The Bertz CT molecular complexity index is 331. The Labute approximate surface area is 74.6 Å². The summed E-state index contributed by atoms with van der Waals surface area (Å²) in [5, 5.41) is 7.43. The van der Waals surface area contributed by atoms with E-state index in [1.807, 2.05) is 0 Å². The van der Waals surface area contributed by atoms with Crippen LogP contribution in [0.4, 0.5) is 0 Å². The lowest BCUT2D eigenvalue weighted by molar-refractivity contribution is 0.485. The molecule has 0 radical (unpaired) electrons. The molecule has 0 atom stereocenters. The van der Waals surface area contributed by atoms with Crippen LogP contribution in [0.5, 0.6) is 0 Å². The summed E-state index contributed by atoms with van der Waals surface area (Å²) in [4.78, 5) is 22.6. The Hall–Kier alpha value is -1.14. The molecule has 2 rings (SSSR count). The van der Waals surface area contributed by atoms with Gasteiger partial charge in [0.1, 0.15) is 6.33 Å². The Morgan fingerprint density at radius 1 is 1.38 bits per heavy atom. The average Bonchev–Trinajstić information content (AvgIpc) is 2.49. The van der Waals surface area contributed by atoms with Gasteiger partial charge in [-0.25, -0.2) is 9.97 Å². The van der Waals surface area contributed by atoms with Crippen molar-refractivity contribution in [3.05, 3.63) is 18.7 Å². The highest BCUT2D eigenvalue weighted by molar-refractivity contribution is 7.42. The predicted molar refractivity (Wildman–Crippen MR) is 47.2 cm³/mol. The van der Waals surface area contributed by atoms with Crippen molar-refractivity contribution in [3.63, 3.8) is 0 Å². The van der Waals surface area contributed by atoms with Crippen molar-refractivity contribution in [2.24, 2.45) is 5.50 Å². The molecule has 7 nitrogen and oxygen atoms in total. The minimum absolute atomic E-state index is 0.782. The topological polar surface area (TPSA) is 121 Å². The zero-order valence-electron chi connectivity index (χ0n) is 6.49. The van der Waals surface area contributed by atoms with Gasteiger partial charge in [0.25, 0.3) is 0 Å². The quantitative estimate of drug-likeness (QED) is 0.427. The summed E-state index contributed by atoms with van der Waals surface area (Å²) >= 11 is 0. The van der Waals surface area contributed by atoms with Crippen LogP contribution >= 0.6 is 8.53 Å². The van der Waals surface area contributed by atoms with Crippen LogP contribution in [-0.2, 0) is 0 Å². The van der Waals surface area contributed by atoms with E-state index in [1.165, 1.54) is 6.33 Å². The van der Waals surface area contributed by atoms with Crippen molar-refractivity contribution >= 4 is 19.6 Å².